The number of ether oxygens (including phenoxy) is 2. The second-order valence-corrected chi connectivity index (χ2v) is 9.66. The Kier molecular flexibility index (Phi) is 6.78. The largest absolute Gasteiger partial charge is 0.444 e. The second kappa shape index (κ2) is 8.57. The minimum Gasteiger partial charge on any atom is -0.444 e. The highest BCUT2D eigenvalue weighted by atomic mass is 16.6. The van der Waals surface area contributed by atoms with Crippen LogP contribution in [0, 0.1) is 12.8 Å². The standard InChI is InChI=1S/C21H34N4O4/c1-13-8-15(23-17(9-13)24-18(26)28-20(2,3)4)10-14-11-25(12-16(14)22)19(27)29-21(5,6)7/h8-9,14,16H,10-12,22H2,1-7H3,(H,23,24,26)/t14-,16+/m0/s1. The van der Waals surface area contributed by atoms with Crippen molar-refractivity contribution in [3.63, 3.8) is 0 Å². The first-order valence-corrected chi connectivity index (χ1v) is 9.93. The number of nitrogens with zero attached hydrogens (tertiary/aromatic N) is 2. The number of rotatable bonds is 3. The van der Waals surface area contributed by atoms with Gasteiger partial charge < -0.3 is 20.1 Å². The summed E-state index contributed by atoms with van der Waals surface area (Å²) in [6.07, 6.45) is -0.291. The molecule has 0 radical (unpaired) electrons. The minimum absolute atomic E-state index is 0.0613. The lowest BCUT2D eigenvalue weighted by molar-refractivity contribution is 0.0286. The van der Waals surface area contributed by atoms with E-state index in [1.54, 1.807) is 31.7 Å². The summed E-state index contributed by atoms with van der Waals surface area (Å²) in [5.41, 5.74) is 6.93. The first-order valence-electron chi connectivity index (χ1n) is 9.93. The number of pyridine rings is 1. The summed E-state index contributed by atoms with van der Waals surface area (Å²) in [5.74, 6) is 0.496. The highest BCUT2D eigenvalue weighted by molar-refractivity contribution is 5.83. The summed E-state index contributed by atoms with van der Waals surface area (Å²) >= 11 is 0. The SMILES string of the molecule is Cc1cc(C[C@H]2CN(C(=O)OC(C)(C)C)C[C@H]2N)nc(NC(=O)OC(C)(C)C)c1. The number of carbonyl (C=O) groups is 2. The molecule has 1 fully saturated rings. The van der Waals surface area contributed by atoms with Gasteiger partial charge in [-0.2, -0.15) is 0 Å². The van der Waals surface area contributed by atoms with Crippen molar-refractivity contribution in [3.05, 3.63) is 23.4 Å². The van der Waals surface area contributed by atoms with Crippen molar-refractivity contribution < 1.29 is 19.1 Å². The molecule has 3 N–H and O–H groups in total. The Morgan fingerprint density at radius 3 is 2.34 bits per heavy atom. The van der Waals surface area contributed by atoms with Crippen LogP contribution < -0.4 is 11.1 Å². The Morgan fingerprint density at radius 1 is 1.14 bits per heavy atom. The Hall–Kier alpha value is -2.35. The van der Waals surface area contributed by atoms with Crippen molar-refractivity contribution >= 4 is 18.0 Å². The number of amides is 2. The topological polar surface area (TPSA) is 107 Å². The zero-order valence-corrected chi connectivity index (χ0v) is 18.5. The van der Waals surface area contributed by atoms with E-state index in [1.807, 2.05) is 33.8 Å². The lowest BCUT2D eigenvalue weighted by Gasteiger charge is -2.24. The molecule has 0 spiro atoms. The summed E-state index contributed by atoms with van der Waals surface area (Å²) < 4.78 is 10.7. The van der Waals surface area contributed by atoms with Crippen LogP contribution in [0.25, 0.3) is 0 Å². The minimum atomic E-state index is -0.585. The van der Waals surface area contributed by atoms with Crippen LogP contribution in [-0.2, 0) is 15.9 Å². The molecule has 2 atom stereocenters. The quantitative estimate of drug-likeness (QED) is 0.796. The molecule has 1 aromatic heterocycles. The first kappa shape index (κ1) is 22.9. The summed E-state index contributed by atoms with van der Waals surface area (Å²) in [7, 11) is 0. The maximum Gasteiger partial charge on any atom is 0.413 e. The molecule has 2 rings (SSSR count). The van der Waals surface area contributed by atoms with E-state index in [4.69, 9.17) is 15.2 Å². The van der Waals surface area contributed by atoms with Crippen molar-refractivity contribution in [1.29, 1.82) is 0 Å². The van der Waals surface area contributed by atoms with Crippen molar-refractivity contribution in [2.75, 3.05) is 18.4 Å². The number of nitrogens with one attached hydrogen (secondary N) is 1. The fraction of sp³-hybridized carbons (Fsp3) is 0.667. The molecule has 0 aliphatic carbocycles. The molecule has 1 saturated heterocycles. The van der Waals surface area contributed by atoms with Gasteiger partial charge in [-0.25, -0.2) is 14.6 Å². The molecule has 8 nitrogen and oxygen atoms in total. The number of anilines is 1. The van der Waals surface area contributed by atoms with E-state index in [-0.39, 0.29) is 18.1 Å². The molecule has 0 unspecified atom stereocenters. The van der Waals surface area contributed by atoms with Crippen molar-refractivity contribution in [3.8, 4) is 0 Å². The number of aromatic nitrogens is 1. The van der Waals surface area contributed by atoms with Gasteiger partial charge in [0, 0.05) is 24.8 Å². The number of hydrogen-bond acceptors (Lipinski definition) is 6. The van der Waals surface area contributed by atoms with Gasteiger partial charge in [0.2, 0.25) is 0 Å². The van der Waals surface area contributed by atoms with Crippen molar-refractivity contribution in [1.82, 2.24) is 9.88 Å². The van der Waals surface area contributed by atoms with Gasteiger partial charge in [-0.1, -0.05) is 0 Å². The predicted molar refractivity (Wildman–Crippen MR) is 112 cm³/mol. The van der Waals surface area contributed by atoms with Crippen LogP contribution in [0.3, 0.4) is 0 Å². The number of hydrogen-bond donors (Lipinski definition) is 2. The van der Waals surface area contributed by atoms with Gasteiger partial charge in [-0.3, -0.25) is 5.32 Å². The predicted octanol–water partition coefficient (Wildman–Crippen LogP) is 3.47. The van der Waals surface area contributed by atoms with Gasteiger partial charge in [-0.15, -0.1) is 0 Å². The van der Waals surface area contributed by atoms with Crippen LogP contribution in [0.2, 0.25) is 0 Å². The molecule has 8 heteroatoms. The number of nitrogens with two attached hydrogens (primary N) is 1. The van der Waals surface area contributed by atoms with E-state index in [2.05, 4.69) is 10.3 Å². The molecule has 1 aromatic rings. The van der Waals surface area contributed by atoms with Gasteiger partial charge in [0.1, 0.15) is 17.0 Å². The monoisotopic (exact) mass is 406 g/mol. The molecule has 1 aliphatic rings. The molecule has 2 amide bonds. The molecule has 29 heavy (non-hydrogen) atoms. The van der Waals surface area contributed by atoms with Crippen LogP contribution >= 0.6 is 0 Å². The molecular weight excluding hydrogens is 372 g/mol. The molecule has 1 aliphatic heterocycles. The maximum absolute atomic E-state index is 12.3. The molecule has 0 saturated carbocycles. The smallest absolute Gasteiger partial charge is 0.413 e. The van der Waals surface area contributed by atoms with Crippen LogP contribution in [-0.4, -0.2) is 52.4 Å². The fourth-order valence-corrected chi connectivity index (χ4v) is 3.17. The second-order valence-electron chi connectivity index (χ2n) is 9.66. The third-order valence-electron chi connectivity index (χ3n) is 4.27. The van der Waals surface area contributed by atoms with Crippen molar-refractivity contribution in [2.24, 2.45) is 11.7 Å². The Labute approximate surface area is 173 Å². The zero-order valence-electron chi connectivity index (χ0n) is 18.5. The fourth-order valence-electron chi connectivity index (χ4n) is 3.17. The van der Waals surface area contributed by atoms with E-state index in [0.29, 0.717) is 25.3 Å². The van der Waals surface area contributed by atoms with E-state index >= 15 is 0 Å². The molecule has 2 heterocycles. The molecule has 0 bridgehead atoms. The highest BCUT2D eigenvalue weighted by Gasteiger charge is 2.35. The van der Waals surface area contributed by atoms with Crippen LogP contribution in [0.4, 0.5) is 15.4 Å². The van der Waals surface area contributed by atoms with Crippen LogP contribution in [0.5, 0.6) is 0 Å². The summed E-state index contributed by atoms with van der Waals surface area (Å²) in [6, 6.07) is 3.59. The summed E-state index contributed by atoms with van der Waals surface area (Å²) in [6.45, 7) is 13.8. The third kappa shape index (κ3) is 7.53. The number of aryl methyl sites for hydroxylation is 1. The highest BCUT2D eigenvalue weighted by Crippen LogP contribution is 2.23. The normalized spacial score (nSPS) is 19.8. The van der Waals surface area contributed by atoms with E-state index in [9.17, 15) is 9.59 Å². The zero-order chi connectivity index (χ0) is 22.0. The van der Waals surface area contributed by atoms with Gasteiger partial charge in [0.05, 0.1) is 0 Å². The van der Waals surface area contributed by atoms with Crippen molar-refractivity contribution in [2.45, 2.75) is 72.1 Å². The third-order valence-corrected chi connectivity index (χ3v) is 4.27. The van der Waals surface area contributed by atoms with E-state index in [0.717, 1.165) is 11.3 Å². The lowest BCUT2D eigenvalue weighted by atomic mass is 9.98. The van der Waals surface area contributed by atoms with Gasteiger partial charge >= 0.3 is 12.2 Å². The van der Waals surface area contributed by atoms with Gasteiger partial charge in [0.25, 0.3) is 0 Å². The Morgan fingerprint density at radius 2 is 1.76 bits per heavy atom. The van der Waals surface area contributed by atoms with E-state index in [1.165, 1.54) is 0 Å². The summed E-state index contributed by atoms with van der Waals surface area (Å²) in [4.78, 5) is 30.5. The number of likely N-dealkylation sites (tertiary alicyclic amines) is 1. The average Bonchev–Trinajstić information content (AvgIpc) is 2.84. The van der Waals surface area contributed by atoms with Gasteiger partial charge in [-0.05, 0) is 78.5 Å². The molecule has 162 valence electrons. The lowest BCUT2D eigenvalue weighted by Crippen LogP contribution is -2.36. The Bertz CT molecular complexity index is 752. The summed E-state index contributed by atoms with van der Waals surface area (Å²) in [5, 5.41) is 2.68. The van der Waals surface area contributed by atoms with E-state index < -0.39 is 17.3 Å². The van der Waals surface area contributed by atoms with Gasteiger partial charge in [0.15, 0.2) is 0 Å². The molecule has 0 aromatic carbocycles. The molecular formula is C21H34N4O4. The maximum atomic E-state index is 12.3. The van der Waals surface area contributed by atoms with Crippen LogP contribution in [0.1, 0.15) is 52.8 Å². The average molecular weight is 407 g/mol. The van der Waals surface area contributed by atoms with Crippen LogP contribution in [0.15, 0.2) is 12.1 Å². The Balaban J connectivity index is 2.03. The number of carbonyl (C=O) groups excluding carboxylic acids is 2. The first-order chi connectivity index (χ1) is 13.2.